The summed E-state index contributed by atoms with van der Waals surface area (Å²) >= 11 is 0. The molecule has 11 N–H and O–H groups in total. The lowest BCUT2D eigenvalue weighted by Crippen LogP contribution is -2.60. The van der Waals surface area contributed by atoms with Crippen molar-refractivity contribution in [2.75, 3.05) is 13.2 Å². The normalized spacial score (nSPS) is 15.5. The van der Waals surface area contributed by atoms with Crippen LogP contribution in [-0.4, -0.2) is 117 Å². The number of carbonyl (C=O) groups is 7. The molecule has 0 aliphatic heterocycles. The molecule has 0 bridgehead atoms. The molecule has 6 amide bonds. The third-order valence-corrected chi connectivity index (χ3v) is 5.43. The van der Waals surface area contributed by atoms with E-state index in [0.29, 0.717) is 0 Å². The first-order chi connectivity index (χ1) is 19.7. The number of carbonyl (C=O) groups excluding carboxylic acids is 6. The maximum atomic E-state index is 13.1. The zero-order valence-electron chi connectivity index (χ0n) is 25.0. The van der Waals surface area contributed by atoms with Gasteiger partial charge in [-0.1, -0.05) is 13.8 Å². The summed E-state index contributed by atoms with van der Waals surface area (Å²) in [5, 5.41) is 48.8. The Morgan fingerprint density at radius 1 is 0.721 bits per heavy atom. The van der Waals surface area contributed by atoms with Crippen LogP contribution in [0.25, 0.3) is 0 Å². The molecule has 6 atom stereocenters. The van der Waals surface area contributed by atoms with Crippen molar-refractivity contribution in [1.29, 1.82) is 0 Å². The Hall–Kier alpha value is -4.03. The number of carboxylic acids is 1. The molecule has 18 nitrogen and oxygen atoms in total. The average Bonchev–Trinajstić information content (AvgIpc) is 2.85. The molecule has 0 aliphatic rings. The number of hydrogen-bond acceptors (Lipinski definition) is 11. The Morgan fingerprint density at radius 3 is 1.56 bits per heavy atom. The molecular formula is C25H44N6O12. The largest absolute Gasteiger partial charge is 0.480 e. The van der Waals surface area contributed by atoms with Crippen LogP contribution in [-0.2, 0) is 33.5 Å². The van der Waals surface area contributed by atoms with Crippen LogP contribution in [0.3, 0.4) is 0 Å². The molecule has 0 heterocycles. The number of aliphatic carboxylic acids is 1. The molecule has 18 heteroatoms. The summed E-state index contributed by atoms with van der Waals surface area (Å²) in [5.74, 6) is -7.08. The van der Waals surface area contributed by atoms with E-state index < -0.39 is 103 Å². The molecule has 0 aromatic heterocycles. The highest BCUT2D eigenvalue weighted by molar-refractivity contribution is 5.97. The van der Waals surface area contributed by atoms with E-state index in [4.69, 9.17) is 15.6 Å². The topological polar surface area (TPSA) is 296 Å². The third kappa shape index (κ3) is 15.1. The van der Waals surface area contributed by atoms with E-state index >= 15 is 0 Å². The number of aliphatic hydroxyl groups excluding tert-OH is 3. The molecule has 0 saturated heterocycles. The van der Waals surface area contributed by atoms with Crippen molar-refractivity contribution in [2.24, 2.45) is 11.7 Å². The van der Waals surface area contributed by atoms with Gasteiger partial charge >= 0.3 is 12.1 Å². The van der Waals surface area contributed by atoms with E-state index in [1.807, 2.05) is 5.32 Å². The SMILES string of the molecule is CC(C)CC(NC(=O)C(CC(N)=O)NC(=O)C(CO)NC(=O)OC(C)(C)C)C(=O)NC(CO)C(=O)NC(C(=O)O)C(C)O. The number of primary amides is 1. The monoisotopic (exact) mass is 620 g/mol. The van der Waals surface area contributed by atoms with E-state index in [2.05, 4.69) is 21.3 Å². The number of amides is 6. The number of rotatable bonds is 17. The summed E-state index contributed by atoms with van der Waals surface area (Å²) in [4.78, 5) is 86.3. The van der Waals surface area contributed by atoms with Gasteiger partial charge < -0.3 is 57.5 Å². The Morgan fingerprint density at radius 2 is 1.14 bits per heavy atom. The lowest BCUT2D eigenvalue weighted by molar-refractivity contribution is -0.145. The summed E-state index contributed by atoms with van der Waals surface area (Å²) in [6.07, 6.45) is -3.32. The molecule has 0 aromatic rings. The fourth-order valence-corrected chi connectivity index (χ4v) is 3.41. The zero-order valence-corrected chi connectivity index (χ0v) is 25.0. The second-order valence-corrected chi connectivity index (χ2v) is 11.1. The quantitative estimate of drug-likeness (QED) is 0.0749. The van der Waals surface area contributed by atoms with Gasteiger partial charge in [0.2, 0.25) is 29.5 Å². The second kappa shape index (κ2) is 17.8. The van der Waals surface area contributed by atoms with Gasteiger partial charge in [0.05, 0.1) is 25.7 Å². The molecule has 0 saturated carbocycles. The van der Waals surface area contributed by atoms with Gasteiger partial charge in [-0.25, -0.2) is 9.59 Å². The Kier molecular flexibility index (Phi) is 16.1. The number of alkyl carbamates (subject to hydrolysis) is 1. The van der Waals surface area contributed by atoms with Gasteiger partial charge in [0.1, 0.15) is 29.8 Å². The summed E-state index contributed by atoms with van der Waals surface area (Å²) in [6.45, 7) is 7.31. The van der Waals surface area contributed by atoms with Crippen LogP contribution in [0.1, 0.15) is 54.4 Å². The predicted octanol–water partition coefficient (Wildman–Crippen LogP) is -3.81. The first-order valence-electron chi connectivity index (χ1n) is 13.3. The number of aliphatic hydroxyl groups is 3. The van der Waals surface area contributed by atoms with Gasteiger partial charge in [-0.15, -0.1) is 0 Å². The van der Waals surface area contributed by atoms with Crippen LogP contribution in [0.4, 0.5) is 4.79 Å². The van der Waals surface area contributed by atoms with Crippen LogP contribution in [0.2, 0.25) is 0 Å². The molecule has 0 spiro atoms. The van der Waals surface area contributed by atoms with E-state index in [1.165, 1.54) is 0 Å². The third-order valence-electron chi connectivity index (χ3n) is 5.43. The van der Waals surface area contributed by atoms with Crippen molar-refractivity contribution in [3.05, 3.63) is 0 Å². The fraction of sp³-hybridized carbons (Fsp3) is 0.720. The minimum atomic E-state index is -1.74. The van der Waals surface area contributed by atoms with Crippen molar-refractivity contribution >= 4 is 41.6 Å². The van der Waals surface area contributed by atoms with Gasteiger partial charge in [0, 0.05) is 0 Å². The Labute approximate surface area is 248 Å². The van der Waals surface area contributed by atoms with Crippen molar-refractivity contribution in [1.82, 2.24) is 26.6 Å². The van der Waals surface area contributed by atoms with Gasteiger partial charge in [-0.05, 0) is 40.0 Å². The highest BCUT2D eigenvalue weighted by Crippen LogP contribution is 2.08. The molecule has 43 heavy (non-hydrogen) atoms. The van der Waals surface area contributed by atoms with Crippen molar-refractivity contribution in [3.8, 4) is 0 Å². The summed E-state index contributed by atoms with van der Waals surface area (Å²) in [5.41, 5.74) is 4.29. The molecule has 246 valence electrons. The van der Waals surface area contributed by atoms with E-state index in [0.717, 1.165) is 6.92 Å². The van der Waals surface area contributed by atoms with Crippen molar-refractivity contribution < 1.29 is 58.7 Å². The Bertz CT molecular complexity index is 1010. The lowest BCUT2D eigenvalue weighted by atomic mass is 10.0. The van der Waals surface area contributed by atoms with Crippen LogP contribution in [0, 0.1) is 5.92 Å². The maximum absolute atomic E-state index is 13.1. The molecular weight excluding hydrogens is 576 g/mol. The first-order valence-corrected chi connectivity index (χ1v) is 13.3. The van der Waals surface area contributed by atoms with Gasteiger partial charge in [-0.2, -0.15) is 0 Å². The summed E-state index contributed by atoms with van der Waals surface area (Å²) < 4.78 is 5.03. The van der Waals surface area contributed by atoms with Gasteiger partial charge in [0.25, 0.3) is 0 Å². The van der Waals surface area contributed by atoms with E-state index in [-0.39, 0.29) is 12.3 Å². The Balaban J connectivity index is 5.79. The number of carboxylic acid groups (broad SMARTS) is 1. The number of nitrogens with one attached hydrogen (secondary N) is 5. The minimum Gasteiger partial charge on any atom is -0.480 e. The van der Waals surface area contributed by atoms with Crippen molar-refractivity contribution in [2.45, 2.75) is 96.3 Å². The molecule has 0 radical (unpaired) electrons. The van der Waals surface area contributed by atoms with Gasteiger partial charge in [0.15, 0.2) is 6.04 Å². The highest BCUT2D eigenvalue weighted by Gasteiger charge is 2.34. The summed E-state index contributed by atoms with van der Waals surface area (Å²) in [7, 11) is 0. The number of nitrogens with two attached hydrogens (primary N) is 1. The van der Waals surface area contributed by atoms with Crippen LogP contribution in [0.15, 0.2) is 0 Å². The minimum absolute atomic E-state index is 0.0283. The molecule has 0 rings (SSSR count). The predicted molar refractivity (Wildman–Crippen MR) is 148 cm³/mol. The van der Waals surface area contributed by atoms with Crippen molar-refractivity contribution in [3.63, 3.8) is 0 Å². The van der Waals surface area contributed by atoms with E-state index in [9.17, 15) is 48.9 Å². The van der Waals surface area contributed by atoms with E-state index in [1.54, 1.807) is 34.6 Å². The zero-order chi connectivity index (χ0) is 33.7. The lowest BCUT2D eigenvalue weighted by Gasteiger charge is -2.27. The molecule has 0 aromatic carbocycles. The maximum Gasteiger partial charge on any atom is 0.408 e. The smallest absolute Gasteiger partial charge is 0.408 e. The van der Waals surface area contributed by atoms with Crippen LogP contribution >= 0.6 is 0 Å². The molecule has 6 unspecified atom stereocenters. The average molecular weight is 621 g/mol. The molecule has 0 fully saturated rings. The van der Waals surface area contributed by atoms with Gasteiger partial charge in [-0.3, -0.25) is 24.0 Å². The second-order valence-electron chi connectivity index (χ2n) is 11.1. The number of ether oxygens (including phenoxy) is 1. The summed E-state index contributed by atoms with van der Waals surface area (Å²) in [6, 6.07) is -8.06. The highest BCUT2D eigenvalue weighted by atomic mass is 16.6. The molecule has 0 aliphatic carbocycles. The fourth-order valence-electron chi connectivity index (χ4n) is 3.41. The standard InChI is InChI=1S/C25H44N6O12/c1-11(2)7-13(19(36)29-15(9-32)22(39)31-18(12(3)34)23(40)41)27-20(37)14(8-17(26)35)28-21(38)16(10-33)30-24(42)43-25(4,5)6/h11-16,18,32-34H,7-10H2,1-6H3,(H2,26,35)(H,27,37)(H,28,38)(H,29,36)(H,30,42)(H,31,39)(H,40,41). The number of hydrogen-bond donors (Lipinski definition) is 10. The van der Waals surface area contributed by atoms with Crippen LogP contribution in [0.5, 0.6) is 0 Å². The first kappa shape index (κ1) is 39.0. The van der Waals surface area contributed by atoms with Crippen LogP contribution < -0.4 is 32.3 Å².